The van der Waals surface area contributed by atoms with Gasteiger partial charge in [-0.05, 0) is 95.2 Å². The van der Waals surface area contributed by atoms with Crippen molar-refractivity contribution in [2.75, 3.05) is 7.11 Å². The maximum Gasteiger partial charge on any atom is 0.379 e. The van der Waals surface area contributed by atoms with Gasteiger partial charge >= 0.3 is 23.9 Å². The average molecular weight is 955 g/mol. The monoisotopic (exact) mass is 954 g/mol. The highest BCUT2D eigenvalue weighted by molar-refractivity contribution is 6.32. The summed E-state index contributed by atoms with van der Waals surface area (Å²) >= 11 is 6.30. The number of benzene rings is 1. The van der Waals surface area contributed by atoms with Crippen LogP contribution in [0.15, 0.2) is 59.6 Å². The van der Waals surface area contributed by atoms with Crippen LogP contribution in [0.25, 0.3) is 0 Å². The van der Waals surface area contributed by atoms with E-state index in [9.17, 15) is 39.6 Å². The molecule has 1 saturated carbocycles. The van der Waals surface area contributed by atoms with Crippen molar-refractivity contribution in [1.29, 1.82) is 0 Å². The molecule has 0 amide bonds. The lowest BCUT2D eigenvalue weighted by molar-refractivity contribution is -0.318. The van der Waals surface area contributed by atoms with Crippen LogP contribution in [0.1, 0.15) is 108 Å². The van der Waals surface area contributed by atoms with E-state index >= 15 is 0 Å². The van der Waals surface area contributed by atoms with Crippen LogP contribution in [0.4, 0.5) is 0 Å². The van der Waals surface area contributed by atoms with Gasteiger partial charge in [0.15, 0.2) is 23.9 Å². The Morgan fingerprint density at radius 1 is 0.910 bits per heavy atom. The summed E-state index contributed by atoms with van der Waals surface area (Å²) in [6.07, 6.45) is 6.54. The summed E-state index contributed by atoms with van der Waals surface area (Å²) in [7, 11) is 1.43. The molecular formula is C50H63ClO16. The van der Waals surface area contributed by atoms with Crippen molar-refractivity contribution in [3.05, 3.63) is 75.8 Å². The molecule has 0 aromatic heterocycles. The topological polar surface area (TPSA) is 223 Å². The first-order valence-electron chi connectivity index (χ1n) is 23.6. The lowest BCUT2D eigenvalue weighted by atomic mass is 9.55. The SMILES string of the molecule is COc1ccc(Cl)c(C)c1C(=O)OC1CC(OC2C(O)CC(OC3CCCC4C3C=CC3CCCCC=CC5C=C(C(=O)O)C(C)C[C@]56OC(=O)C(=C6O)OC(=O)[C@]34C)OC2C)OC(C)C1O. The minimum Gasteiger partial charge on any atom is -0.505 e. The van der Waals surface area contributed by atoms with Gasteiger partial charge in [0, 0.05) is 41.7 Å². The molecule has 1 aromatic carbocycles. The molecule has 2 saturated heterocycles. The fraction of sp³-hybridized carbons (Fsp3) is 0.640. The minimum atomic E-state index is -1.62. The summed E-state index contributed by atoms with van der Waals surface area (Å²) < 4.78 is 48.4. The molecule has 3 fully saturated rings. The molecule has 16 atom stereocenters. The third-order valence-electron chi connectivity index (χ3n) is 15.5. The maximum atomic E-state index is 14.8. The third-order valence-corrected chi connectivity index (χ3v) is 15.9. The van der Waals surface area contributed by atoms with Crippen LogP contribution in [0.5, 0.6) is 5.75 Å². The number of aliphatic hydroxyl groups excluding tert-OH is 3. The standard InChI is InChI=1S/C50H63ClO16/c1-24-23-50-29(20-31(24)45(55)56)13-10-8-7-9-12-28-16-17-30-32(49(28,5)48(59)66-43(44(50)54)47(58)67-50)14-11-15-35(30)63-38-21-34(52)42(27(4)62-38)65-39-22-37(41(53)26(3)61-39)64-46(57)40-25(2)33(51)18-19-36(40)60-6/h10,13,16-20,24,26-30,32,34-35,37-39,41-42,52-54H,7-9,11-12,14-15,21-23H2,1-6H3,(H,55,56)/t24?,26?,27?,28?,29?,30?,32?,34?,35?,37?,38?,39?,41?,42?,49-,50+/m1/s1. The largest absolute Gasteiger partial charge is 0.505 e. The zero-order valence-corrected chi connectivity index (χ0v) is 39.5. The van der Waals surface area contributed by atoms with Gasteiger partial charge in [0.05, 0.1) is 36.9 Å². The predicted octanol–water partition coefficient (Wildman–Crippen LogP) is 6.96. The van der Waals surface area contributed by atoms with E-state index in [-0.39, 0.29) is 53.9 Å². The number of allylic oxidation sites excluding steroid dienone is 2. The summed E-state index contributed by atoms with van der Waals surface area (Å²) in [4.78, 5) is 53.9. The molecule has 7 aliphatic rings. The predicted molar refractivity (Wildman–Crippen MR) is 238 cm³/mol. The molecular weight excluding hydrogens is 892 g/mol. The Labute approximate surface area is 395 Å². The summed E-state index contributed by atoms with van der Waals surface area (Å²) in [5.41, 5.74) is -2.00. The quantitative estimate of drug-likeness (QED) is 0.117. The van der Waals surface area contributed by atoms with Gasteiger partial charge in [0.1, 0.15) is 29.6 Å². The number of carboxylic acid groups (broad SMARTS) is 1. The molecule has 0 radical (unpaired) electrons. The molecule has 16 nitrogen and oxygen atoms in total. The van der Waals surface area contributed by atoms with Crippen molar-refractivity contribution in [2.45, 2.75) is 160 Å². The number of methoxy groups -OCH3 is 1. The summed E-state index contributed by atoms with van der Waals surface area (Å²) in [6, 6.07) is 3.18. The number of hydrogen-bond donors (Lipinski definition) is 4. The van der Waals surface area contributed by atoms with Crippen molar-refractivity contribution in [3.8, 4) is 5.75 Å². The average Bonchev–Trinajstić information content (AvgIpc) is 3.50. The molecule has 2 bridgehead atoms. The van der Waals surface area contributed by atoms with Crippen LogP contribution in [0, 0.1) is 41.9 Å². The first kappa shape index (κ1) is 49.1. The van der Waals surface area contributed by atoms with E-state index < -0.39 is 114 Å². The second-order valence-corrected chi connectivity index (χ2v) is 20.0. The number of carbonyl (C=O) groups excluding carboxylic acids is 3. The Balaban J connectivity index is 0.952. The molecule has 4 N–H and O–H groups in total. The molecule has 366 valence electrons. The second kappa shape index (κ2) is 19.6. The van der Waals surface area contributed by atoms with Gasteiger partial charge in [-0.1, -0.05) is 61.7 Å². The van der Waals surface area contributed by atoms with Gasteiger partial charge in [-0.3, -0.25) is 4.79 Å². The van der Waals surface area contributed by atoms with E-state index in [4.69, 9.17) is 49.5 Å². The number of aliphatic carboxylic acids is 1. The number of hydrogen-bond acceptors (Lipinski definition) is 15. The van der Waals surface area contributed by atoms with Crippen LogP contribution >= 0.6 is 11.6 Å². The van der Waals surface area contributed by atoms with E-state index in [0.717, 1.165) is 12.8 Å². The Morgan fingerprint density at radius 3 is 2.39 bits per heavy atom. The van der Waals surface area contributed by atoms with Gasteiger partial charge in [-0.2, -0.15) is 0 Å². The van der Waals surface area contributed by atoms with Gasteiger partial charge in [0.25, 0.3) is 5.76 Å². The molecule has 4 heterocycles. The number of fused-ring (bicyclic) bond motifs is 3. The Morgan fingerprint density at radius 2 is 1.66 bits per heavy atom. The van der Waals surface area contributed by atoms with Gasteiger partial charge in [0.2, 0.25) is 0 Å². The van der Waals surface area contributed by atoms with Crippen LogP contribution in [0.2, 0.25) is 5.02 Å². The number of ether oxygens (including phenoxy) is 8. The number of aliphatic hydroxyl groups is 3. The molecule has 1 aromatic rings. The number of rotatable bonds is 8. The summed E-state index contributed by atoms with van der Waals surface area (Å²) in [6.45, 7) is 8.63. The molecule has 3 aliphatic carbocycles. The Bertz CT molecular complexity index is 2210. The summed E-state index contributed by atoms with van der Waals surface area (Å²) in [5, 5.41) is 44.6. The normalized spacial score (nSPS) is 40.0. The van der Waals surface area contributed by atoms with Crippen molar-refractivity contribution in [2.24, 2.45) is 35.0 Å². The van der Waals surface area contributed by atoms with E-state index in [1.807, 2.05) is 19.1 Å². The van der Waals surface area contributed by atoms with Gasteiger partial charge in [-0.25, -0.2) is 14.4 Å². The van der Waals surface area contributed by atoms with Crippen LogP contribution in [0.3, 0.4) is 0 Å². The molecule has 67 heavy (non-hydrogen) atoms. The lowest BCUT2D eigenvalue weighted by Crippen LogP contribution is -2.56. The van der Waals surface area contributed by atoms with Crippen LogP contribution in [-0.4, -0.2) is 112 Å². The minimum absolute atomic E-state index is 0.00846. The fourth-order valence-electron chi connectivity index (χ4n) is 11.7. The number of esters is 3. The third kappa shape index (κ3) is 9.19. The van der Waals surface area contributed by atoms with E-state index in [2.05, 4.69) is 6.08 Å². The summed E-state index contributed by atoms with van der Waals surface area (Å²) in [5.74, 6) is -6.44. The van der Waals surface area contributed by atoms with Crippen LogP contribution in [-0.2, 0) is 47.5 Å². The van der Waals surface area contributed by atoms with E-state index in [1.165, 1.54) is 13.2 Å². The molecule has 17 heteroatoms. The van der Waals surface area contributed by atoms with Crippen LogP contribution < -0.4 is 4.74 Å². The zero-order valence-electron chi connectivity index (χ0n) is 38.8. The van der Waals surface area contributed by atoms with E-state index in [0.29, 0.717) is 42.7 Å². The Kier molecular flexibility index (Phi) is 14.4. The molecule has 4 aliphatic heterocycles. The van der Waals surface area contributed by atoms with Crippen molar-refractivity contribution >= 4 is 35.5 Å². The van der Waals surface area contributed by atoms with Gasteiger partial charge < -0.3 is 58.3 Å². The first-order chi connectivity index (χ1) is 31.9. The molecule has 14 unspecified atom stereocenters. The van der Waals surface area contributed by atoms with Crippen molar-refractivity contribution < 1.29 is 77.5 Å². The Hall–Kier alpha value is -4.29. The lowest BCUT2D eigenvalue weighted by Gasteiger charge is -2.51. The number of carbonyl (C=O) groups is 4. The number of carboxylic acids is 1. The van der Waals surface area contributed by atoms with Crippen molar-refractivity contribution in [1.82, 2.24) is 0 Å². The highest BCUT2D eigenvalue weighted by Gasteiger charge is 2.60. The molecule has 8 rings (SSSR count). The molecule has 1 spiro atoms. The number of halogens is 1. The van der Waals surface area contributed by atoms with Gasteiger partial charge in [-0.15, -0.1) is 0 Å². The highest BCUT2D eigenvalue weighted by Crippen LogP contribution is 2.55. The maximum absolute atomic E-state index is 14.8. The van der Waals surface area contributed by atoms with E-state index in [1.54, 1.807) is 45.9 Å². The fourth-order valence-corrected chi connectivity index (χ4v) is 11.8. The zero-order chi connectivity index (χ0) is 48.1. The second-order valence-electron chi connectivity index (χ2n) is 19.5. The first-order valence-corrected chi connectivity index (χ1v) is 24.0. The van der Waals surface area contributed by atoms with Crippen molar-refractivity contribution in [3.63, 3.8) is 0 Å². The highest BCUT2D eigenvalue weighted by atomic mass is 35.5. The smallest absolute Gasteiger partial charge is 0.379 e.